The van der Waals surface area contributed by atoms with Crippen molar-refractivity contribution < 1.29 is 18.0 Å². The molecule has 3 rings (SSSR count). The molecule has 2 aromatic rings. The van der Waals surface area contributed by atoms with E-state index in [1.54, 1.807) is 18.3 Å². The predicted molar refractivity (Wildman–Crippen MR) is 89.3 cm³/mol. The number of likely N-dealkylation sites (tertiary alicyclic amines) is 1. The number of benzene rings is 1. The Balaban J connectivity index is 1.84. The molecule has 1 aliphatic heterocycles. The fraction of sp³-hybridized carbons (Fsp3) is 0.444. The van der Waals surface area contributed by atoms with E-state index in [-0.39, 0.29) is 18.4 Å². The number of hydrogen-bond donors (Lipinski definition) is 1. The molecule has 0 bridgehead atoms. The molecule has 0 aliphatic carbocycles. The Hall–Kier alpha value is -2.15. The van der Waals surface area contributed by atoms with E-state index in [9.17, 15) is 18.0 Å². The maximum atomic E-state index is 13.7. The van der Waals surface area contributed by atoms with E-state index in [0.29, 0.717) is 25.2 Å². The number of nitrogens with one attached hydrogen (secondary N) is 1. The van der Waals surface area contributed by atoms with Crippen molar-refractivity contribution in [1.82, 2.24) is 15.2 Å². The van der Waals surface area contributed by atoms with Crippen LogP contribution in [-0.2, 0) is 0 Å². The van der Waals surface area contributed by atoms with E-state index in [2.05, 4.69) is 10.3 Å². The van der Waals surface area contributed by atoms with Gasteiger partial charge in [0.05, 0.1) is 5.52 Å². The number of fused-ring (bicyclic) bond motifs is 1. The number of carbonyl (C=O) groups excluding carboxylic acids is 1. The summed E-state index contributed by atoms with van der Waals surface area (Å²) in [6.07, 6.45) is -3.18. The summed E-state index contributed by atoms with van der Waals surface area (Å²) >= 11 is 0. The minimum atomic E-state index is -4.49. The summed E-state index contributed by atoms with van der Waals surface area (Å²) in [6, 6.07) is 8.35. The lowest BCUT2D eigenvalue weighted by atomic mass is 9.86. The van der Waals surface area contributed by atoms with Crippen LogP contribution in [0.2, 0.25) is 0 Å². The van der Waals surface area contributed by atoms with Gasteiger partial charge in [-0.15, -0.1) is 0 Å². The summed E-state index contributed by atoms with van der Waals surface area (Å²) in [5, 5.41) is 3.11. The number of piperidine rings is 1. The molecule has 1 aromatic carbocycles. The van der Waals surface area contributed by atoms with Crippen LogP contribution in [0.25, 0.3) is 10.9 Å². The molecule has 7 heteroatoms. The van der Waals surface area contributed by atoms with Crippen molar-refractivity contribution in [2.75, 3.05) is 19.6 Å². The average molecular weight is 351 g/mol. The SMILES string of the molecule is CCN1CCC(NC(=O)c2ccc3cccnc3c2)(C(F)(F)F)CC1. The Morgan fingerprint density at radius 3 is 2.64 bits per heavy atom. The molecular weight excluding hydrogens is 331 g/mol. The topological polar surface area (TPSA) is 45.2 Å². The molecule has 0 radical (unpaired) electrons. The van der Waals surface area contributed by atoms with Crippen molar-refractivity contribution in [1.29, 1.82) is 0 Å². The summed E-state index contributed by atoms with van der Waals surface area (Å²) in [4.78, 5) is 18.6. The molecule has 4 nitrogen and oxygen atoms in total. The maximum absolute atomic E-state index is 13.7. The first-order valence-electron chi connectivity index (χ1n) is 8.31. The van der Waals surface area contributed by atoms with Crippen LogP contribution in [-0.4, -0.2) is 47.1 Å². The number of carbonyl (C=O) groups is 1. The molecule has 1 aromatic heterocycles. The largest absolute Gasteiger partial charge is 0.411 e. The Kier molecular flexibility index (Phi) is 4.69. The highest BCUT2D eigenvalue weighted by atomic mass is 19.4. The number of aromatic nitrogens is 1. The zero-order chi connectivity index (χ0) is 18.1. The highest BCUT2D eigenvalue weighted by Gasteiger charge is 2.56. The fourth-order valence-electron chi connectivity index (χ4n) is 3.23. The van der Waals surface area contributed by atoms with Crippen molar-refractivity contribution >= 4 is 16.8 Å². The summed E-state index contributed by atoms with van der Waals surface area (Å²) in [5.41, 5.74) is -1.40. The van der Waals surface area contributed by atoms with Gasteiger partial charge in [-0.3, -0.25) is 9.78 Å². The van der Waals surface area contributed by atoms with Crippen LogP contribution in [0.15, 0.2) is 36.5 Å². The molecule has 1 fully saturated rings. The number of rotatable bonds is 3. The van der Waals surface area contributed by atoms with Crippen molar-refractivity contribution in [3.8, 4) is 0 Å². The van der Waals surface area contributed by atoms with Crippen LogP contribution in [0.4, 0.5) is 13.2 Å². The molecular formula is C18H20F3N3O. The zero-order valence-corrected chi connectivity index (χ0v) is 13.9. The Labute approximate surface area is 144 Å². The lowest BCUT2D eigenvalue weighted by molar-refractivity contribution is -0.205. The van der Waals surface area contributed by atoms with Crippen LogP contribution in [0.5, 0.6) is 0 Å². The van der Waals surface area contributed by atoms with Gasteiger partial charge in [0.2, 0.25) is 0 Å². The molecule has 25 heavy (non-hydrogen) atoms. The van der Waals surface area contributed by atoms with Gasteiger partial charge in [0, 0.05) is 30.2 Å². The lowest BCUT2D eigenvalue weighted by Crippen LogP contribution is -2.63. The zero-order valence-electron chi connectivity index (χ0n) is 13.9. The van der Waals surface area contributed by atoms with Gasteiger partial charge in [-0.1, -0.05) is 19.1 Å². The van der Waals surface area contributed by atoms with E-state index in [0.717, 1.165) is 5.39 Å². The summed E-state index contributed by atoms with van der Waals surface area (Å²) in [7, 11) is 0. The first kappa shape index (κ1) is 17.7. The van der Waals surface area contributed by atoms with E-state index in [1.807, 2.05) is 17.9 Å². The normalized spacial score (nSPS) is 18.2. The van der Waals surface area contributed by atoms with Gasteiger partial charge in [-0.05, 0) is 37.6 Å². The monoisotopic (exact) mass is 351 g/mol. The molecule has 0 unspecified atom stereocenters. The van der Waals surface area contributed by atoms with Crippen molar-refractivity contribution in [3.63, 3.8) is 0 Å². The van der Waals surface area contributed by atoms with Crippen LogP contribution in [0.3, 0.4) is 0 Å². The Morgan fingerprint density at radius 2 is 2.00 bits per heavy atom. The van der Waals surface area contributed by atoms with E-state index < -0.39 is 17.6 Å². The van der Waals surface area contributed by atoms with Crippen LogP contribution in [0.1, 0.15) is 30.1 Å². The second-order valence-electron chi connectivity index (χ2n) is 6.38. The van der Waals surface area contributed by atoms with Gasteiger partial charge in [-0.2, -0.15) is 13.2 Å². The third-order valence-corrected chi connectivity index (χ3v) is 4.92. The Bertz CT molecular complexity index is 767. The third kappa shape index (κ3) is 3.46. The van der Waals surface area contributed by atoms with E-state index in [1.165, 1.54) is 12.1 Å². The highest BCUT2D eigenvalue weighted by Crippen LogP contribution is 2.38. The highest BCUT2D eigenvalue weighted by molar-refractivity contribution is 5.98. The second kappa shape index (κ2) is 6.63. The molecule has 1 N–H and O–H groups in total. The summed E-state index contributed by atoms with van der Waals surface area (Å²) < 4.78 is 41.1. The quantitative estimate of drug-likeness (QED) is 0.922. The van der Waals surface area contributed by atoms with Crippen LogP contribution in [0, 0.1) is 0 Å². The van der Waals surface area contributed by atoms with Crippen LogP contribution >= 0.6 is 0 Å². The van der Waals surface area contributed by atoms with Gasteiger partial charge in [0.15, 0.2) is 0 Å². The first-order valence-corrected chi connectivity index (χ1v) is 8.31. The van der Waals surface area contributed by atoms with Crippen molar-refractivity contribution in [3.05, 3.63) is 42.1 Å². The minimum absolute atomic E-state index is 0.137. The van der Waals surface area contributed by atoms with Crippen molar-refractivity contribution in [2.45, 2.75) is 31.5 Å². The smallest absolute Gasteiger partial charge is 0.338 e. The van der Waals surface area contributed by atoms with E-state index in [4.69, 9.17) is 0 Å². The number of halogens is 3. The van der Waals surface area contributed by atoms with E-state index >= 15 is 0 Å². The molecule has 0 saturated carbocycles. The molecule has 0 atom stereocenters. The first-order chi connectivity index (χ1) is 11.8. The fourth-order valence-corrected chi connectivity index (χ4v) is 3.23. The van der Waals surface area contributed by atoms with Gasteiger partial charge in [0.1, 0.15) is 5.54 Å². The number of nitrogens with zero attached hydrogens (tertiary/aromatic N) is 2. The number of alkyl halides is 3. The maximum Gasteiger partial charge on any atom is 0.411 e. The predicted octanol–water partition coefficient (Wildman–Crippen LogP) is 3.38. The third-order valence-electron chi connectivity index (χ3n) is 4.92. The molecule has 1 aliphatic rings. The molecule has 1 saturated heterocycles. The van der Waals surface area contributed by atoms with Gasteiger partial charge >= 0.3 is 6.18 Å². The number of amides is 1. The average Bonchev–Trinajstić information content (AvgIpc) is 2.61. The molecule has 2 heterocycles. The van der Waals surface area contributed by atoms with Crippen molar-refractivity contribution in [2.24, 2.45) is 0 Å². The molecule has 1 amide bonds. The molecule has 134 valence electrons. The van der Waals surface area contributed by atoms with Gasteiger partial charge in [-0.25, -0.2) is 0 Å². The van der Waals surface area contributed by atoms with Gasteiger partial charge < -0.3 is 10.2 Å². The number of pyridine rings is 1. The summed E-state index contributed by atoms with van der Waals surface area (Å²) in [6.45, 7) is 3.25. The summed E-state index contributed by atoms with van der Waals surface area (Å²) in [5.74, 6) is -0.713. The van der Waals surface area contributed by atoms with Gasteiger partial charge in [0.25, 0.3) is 5.91 Å². The standard InChI is InChI=1S/C18H20F3N3O/c1-2-24-10-7-17(8-11-24,18(19,20)21)23-16(25)14-6-5-13-4-3-9-22-15(13)12-14/h3-6,9,12H,2,7-8,10-11H2,1H3,(H,23,25). The number of hydrogen-bond acceptors (Lipinski definition) is 3. The Morgan fingerprint density at radius 1 is 1.28 bits per heavy atom. The lowest BCUT2D eigenvalue weighted by Gasteiger charge is -2.43. The minimum Gasteiger partial charge on any atom is -0.338 e. The second-order valence-corrected chi connectivity index (χ2v) is 6.38. The van der Waals surface area contributed by atoms with Crippen LogP contribution < -0.4 is 5.32 Å². The molecule has 0 spiro atoms.